The third-order valence-electron chi connectivity index (χ3n) is 2.97. The lowest BCUT2D eigenvalue weighted by Gasteiger charge is -1.97. The first kappa shape index (κ1) is 12.6. The van der Waals surface area contributed by atoms with Gasteiger partial charge in [0.05, 0.1) is 5.69 Å². The molecule has 5 heteroatoms. The van der Waals surface area contributed by atoms with Crippen LogP contribution < -0.4 is 0 Å². The lowest BCUT2D eigenvalue weighted by molar-refractivity contribution is 0.104. The standard InChI is InChI=1S/C15H12N2O2S/c1-10-14(17-7-8-20-15(17)16-10)13(19)6-5-11-3-2-4-12(18)9-11/h2-9,18H,1H3/b6-5+. The average molecular weight is 284 g/mol. The number of phenols is 1. The van der Waals surface area contributed by atoms with Crippen LogP contribution in [0.25, 0.3) is 11.0 Å². The Morgan fingerprint density at radius 1 is 1.45 bits per heavy atom. The van der Waals surface area contributed by atoms with Crippen LogP contribution >= 0.6 is 11.3 Å². The van der Waals surface area contributed by atoms with Gasteiger partial charge >= 0.3 is 0 Å². The second-order valence-corrected chi connectivity index (χ2v) is 5.27. The summed E-state index contributed by atoms with van der Waals surface area (Å²) in [6.45, 7) is 1.83. The van der Waals surface area contributed by atoms with Gasteiger partial charge in [0, 0.05) is 11.6 Å². The summed E-state index contributed by atoms with van der Waals surface area (Å²) in [5.41, 5.74) is 2.09. The fourth-order valence-electron chi connectivity index (χ4n) is 2.07. The van der Waals surface area contributed by atoms with Crippen molar-refractivity contribution in [3.63, 3.8) is 0 Å². The minimum atomic E-state index is -0.100. The highest BCUT2D eigenvalue weighted by molar-refractivity contribution is 7.15. The molecule has 20 heavy (non-hydrogen) atoms. The van der Waals surface area contributed by atoms with E-state index in [0.717, 1.165) is 16.2 Å². The summed E-state index contributed by atoms with van der Waals surface area (Å²) in [4.78, 5) is 17.5. The Morgan fingerprint density at radius 2 is 2.30 bits per heavy atom. The Balaban J connectivity index is 1.93. The van der Waals surface area contributed by atoms with E-state index in [0.29, 0.717) is 5.69 Å². The average Bonchev–Trinajstić information content (AvgIpc) is 2.95. The summed E-state index contributed by atoms with van der Waals surface area (Å²) in [5, 5.41) is 11.3. The summed E-state index contributed by atoms with van der Waals surface area (Å²) < 4.78 is 1.80. The molecule has 0 unspecified atom stereocenters. The molecule has 4 nitrogen and oxygen atoms in total. The number of benzene rings is 1. The summed E-state index contributed by atoms with van der Waals surface area (Å²) in [7, 11) is 0. The van der Waals surface area contributed by atoms with Gasteiger partial charge in [-0.15, -0.1) is 11.3 Å². The van der Waals surface area contributed by atoms with Gasteiger partial charge in [0.2, 0.25) is 5.78 Å². The summed E-state index contributed by atoms with van der Waals surface area (Å²) in [5.74, 6) is 0.0806. The maximum atomic E-state index is 12.3. The van der Waals surface area contributed by atoms with E-state index in [1.54, 1.807) is 28.7 Å². The van der Waals surface area contributed by atoms with Gasteiger partial charge in [-0.1, -0.05) is 18.2 Å². The molecule has 0 bridgehead atoms. The minimum absolute atomic E-state index is 0.100. The normalized spacial score (nSPS) is 11.4. The number of aryl methyl sites for hydroxylation is 1. The van der Waals surface area contributed by atoms with Gasteiger partial charge in [-0.3, -0.25) is 9.20 Å². The number of aromatic nitrogens is 2. The van der Waals surface area contributed by atoms with Crippen LogP contribution in [0.2, 0.25) is 0 Å². The first-order chi connectivity index (χ1) is 9.65. The Labute approximate surface area is 119 Å². The van der Waals surface area contributed by atoms with E-state index in [1.807, 2.05) is 24.6 Å². The Bertz CT molecular complexity index is 814. The van der Waals surface area contributed by atoms with E-state index in [9.17, 15) is 9.90 Å². The molecule has 0 aliphatic rings. The number of rotatable bonds is 3. The molecule has 3 rings (SSSR count). The highest BCUT2D eigenvalue weighted by atomic mass is 32.1. The molecule has 0 saturated carbocycles. The number of imidazole rings is 1. The molecule has 100 valence electrons. The van der Waals surface area contributed by atoms with Crippen molar-refractivity contribution in [3.05, 3.63) is 58.9 Å². The van der Waals surface area contributed by atoms with Crippen molar-refractivity contribution in [2.45, 2.75) is 6.92 Å². The Morgan fingerprint density at radius 3 is 3.10 bits per heavy atom. The zero-order valence-electron chi connectivity index (χ0n) is 10.8. The van der Waals surface area contributed by atoms with Crippen molar-refractivity contribution >= 4 is 28.2 Å². The molecular formula is C15H12N2O2S. The molecule has 1 N–H and O–H groups in total. The second-order valence-electron chi connectivity index (χ2n) is 4.39. The Kier molecular flexibility index (Phi) is 3.12. The minimum Gasteiger partial charge on any atom is -0.508 e. The molecule has 1 aromatic carbocycles. The van der Waals surface area contributed by atoms with Crippen molar-refractivity contribution in [2.75, 3.05) is 0 Å². The lowest BCUT2D eigenvalue weighted by Crippen LogP contribution is -2.00. The number of fused-ring (bicyclic) bond motifs is 1. The van der Waals surface area contributed by atoms with Crippen LogP contribution in [0.3, 0.4) is 0 Å². The highest BCUT2D eigenvalue weighted by Gasteiger charge is 2.14. The van der Waals surface area contributed by atoms with Gasteiger partial charge in [0.1, 0.15) is 11.4 Å². The molecule has 0 atom stereocenters. The van der Waals surface area contributed by atoms with Crippen LogP contribution in [0.15, 0.2) is 41.9 Å². The van der Waals surface area contributed by atoms with E-state index in [1.165, 1.54) is 17.4 Å². The number of carbonyl (C=O) groups is 1. The number of carbonyl (C=O) groups excluding carboxylic acids is 1. The van der Waals surface area contributed by atoms with Gasteiger partial charge in [-0.2, -0.15) is 0 Å². The zero-order valence-corrected chi connectivity index (χ0v) is 11.6. The maximum absolute atomic E-state index is 12.3. The Hall–Kier alpha value is -2.40. The zero-order chi connectivity index (χ0) is 14.1. The number of aromatic hydroxyl groups is 1. The molecule has 0 aliphatic carbocycles. The van der Waals surface area contributed by atoms with E-state index in [2.05, 4.69) is 4.98 Å². The summed E-state index contributed by atoms with van der Waals surface area (Å²) in [6.07, 6.45) is 5.03. The fraction of sp³-hybridized carbons (Fsp3) is 0.0667. The van der Waals surface area contributed by atoms with Crippen LogP contribution in [0.4, 0.5) is 0 Å². The van der Waals surface area contributed by atoms with Gasteiger partial charge in [-0.05, 0) is 30.7 Å². The van der Waals surface area contributed by atoms with E-state index in [4.69, 9.17) is 0 Å². The fourth-order valence-corrected chi connectivity index (χ4v) is 2.83. The topological polar surface area (TPSA) is 54.6 Å². The SMILES string of the molecule is Cc1nc2sccn2c1C(=O)/C=C/c1cccc(O)c1. The van der Waals surface area contributed by atoms with Gasteiger partial charge < -0.3 is 5.11 Å². The van der Waals surface area contributed by atoms with E-state index >= 15 is 0 Å². The predicted molar refractivity (Wildman–Crippen MR) is 79.3 cm³/mol. The smallest absolute Gasteiger partial charge is 0.204 e. The number of allylic oxidation sites excluding steroid dienone is 1. The van der Waals surface area contributed by atoms with Gasteiger partial charge in [0.25, 0.3) is 0 Å². The largest absolute Gasteiger partial charge is 0.508 e. The third kappa shape index (κ3) is 2.23. The van der Waals surface area contributed by atoms with Crippen LogP contribution in [-0.2, 0) is 0 Å². The molecule has 0 fully saturated rings. The number of thiazole rings is 1. The first-order valence-electron chi connectivity index (χ1n) is 6.09. The van der Waals surface area contributed by atoms with E-state index < -0.39 is 0 Å². The van der Waals surface area contributed by atoms with E-state index in [-0.39, 0.29) is 11.5 Å². The first-order valence-corrected chi connectivity index (χ1v) is 6.97. The quantitative estimate of drug-likeness (QED) is 0.593. The molecule has 0 aliphatic heterocycles. The predicted octanol–water partition coefficient (Wildman–Crippen LogP) is 3.31. The summed E-state index contributed by atoms with van der Waals surface area (Å²) in [6, 6.07) is 6.76. The van der Waals surface area contributed by atoms with Gasteiger partial charge in [-0.25, -0.2) is 4.98 Å². The van der Waals surface area contributed by atoms with Crippen molar-refractivity contribution in [2.24, 2.45) is 0 Å². The maximum Gasteiger partial charge on any atom is 0.204 e. The number of nitrogens with zero attached hydrogens (tertiary/aromatic N) is 2. The highest BCUT2D eigenvalue weighted by Crippen LogP contribution is 2.18. The van der Waals surface area contributed by atoms with Crippen molar-refractivity contribution < 1.29 is 9.90 Å². The molecule has 0 radical (unpaired) electrons. The summed E-state index contributed by atoms with van der Waals surface area (Å²) >= 11 is 1.50. The monoisotopic (exact) mass is 284 g/mol. The van der Waals surface area contributed by atoms with Crippen LogP contribution in [-0.4, -0.2) is 20.3 Å². The molecule has 2 heterocycles. The van der Waals surface area contributed by atoms with Gasteiger partial charge in [0.15, 0.2) is 4.96 Å². The molecule has 0 amide bonds. The van der Waals surface area contributed by atoms with Crippen LogP contribution in [0.1, 0.15) is 21.7 Å². The molecule has 2 aromatic heterocycles. The van der Waals surface area contributed by atoms with Crippen molar-refractivity contribution in [1.29, 1.82) is 0 Å². The molecular weight excluding hydrogens is 272 g/mol. The van der Waals surface area contributed by atoms with Crippen molar-refractivity contribution in [3.8, 4) is 5.75 Å². The third-order valence-corrected chi connectivity index (χ3v) is 3.72. The second kappa shape index (κ2) is 4.94. The van der Waals surface area contributed by atoms with Crippen molar-refractivity contribution in [1.82, 2.24) is 9.38 Å². The molecule has 0 saturated heterocycles. The lowest BCUT2D eigenvalue weighted by atomic mass is 10.1. The number of hydrogen-bond donors (Lipinski definition) is 1. The molecule has 3 aromatic rings. The number of phenolic OH excluding ortho intramolecular Hbond substituents is 1. The molecule has 0 spiro atoms. The number of ketones is 1. The van der Waals surface area contributed by atoms with Crippen LogP contribution in [0.5, 0.6) is 5.75 Å². The number of hydrogen-bond acceptors (Lipinski definition) is 4. The van der Waals surface area contributed by atoms with Crippen LogP contribution in [0, 0.1) is 6.92 Å².